The highest BCUT2D eigenvalue weighted by Crippen LogP contribution is 2.49. The number of carbonyl (C=O) groups is 1. The van der Waals surface area contributed by atoms with Crippen molar-refractivity contribution in [3.8, 4) is 0 Å². The molecule has 0 N–H and O–H groups in total. The van der Waals surface area contributed by atoms with Gasteiger partial charge in [-0.05, 0) is 37.5 Å². The van der Waals surface area contributed by atoms with Crippen molar-refractivity contribution in [3.05, 3.63) is 12.2 Å². The van der Waals surface area contributed by atoms with Gasteiger partial charge in [-0.1, -0.05) is 19.1 Å². The highest BCUT2D eigenvalue weighted by atomic mass is 16.1. The number of fused-ring (bicyclic) bond motifs is 2. The molecular formula is C11H16O. The Kier molecular flexibility index (Phi) is 1.64. The molecule has 0 aromatic heterocycles. The molecule has 3 aliphatic carbocycles. The molecule has 3 atom stereocenters. The average molecular weight is 164 g/mol. The van der Waals surface area contributed by atoms with E-state index in [2.05, 4.69) is 19.1 Å². The zero-order valence-electron chi connectivity index (χ0n) is 7.84. The van der Waals surface area contributed by atoms with E-state index in [0.717, 1.165) is 6.42 Å². The topological polar surface area (TPSA) is 17.1 Å². The highest BCUT2D eigenvalue weighted by Gasteiger charge is 2.42. The number of ketones is 1. The molecule has 1 nitrogen and oxygen atoms in total. The van der Waals surface area contributed by atoms with E-state index >= 15 is 0 Å². The minimum Gasteiger partial charge on any atom is -0.300 e. The van der Waals surface area contributed by atoms with E-state index in [-0.39, 0.29) is 5.41 Å². The first-order valence-corrected chi connectivity index (χ1v) is 4.82. The SMILES string of the molecule is CC(=O)[C@@H]1C[C@@H]2C=C[C@@]1(C)CC2. The molecule has 1 fully saturated rings. The van der Waals surface area contributed by atoms with Crippen LogP contribution >= 0.6 is 0 Å². The highest BCUT2D eigenvalue weighted by molar-refractivity contribution is 5.80. The van der Waals surface area contributed by atoms with Gasteiger partial charge in [0.2, 0.25) is 0 Å². The summed E-state index contributed by atoms with van der Waals surface area (Å²) in [6.07, 6.45) is 8.18. The van der Waals surface area contributed by atoms with E-state index in [4.69, 9.17) is 0 Å². The second kappa shape index (κ2) is 2.45. The van der Waals surface area contributed by atoms with E-state index in [1.54, 1.807) is 6.92 Å². The van der Waals surface area contributed by atoms with Crippen LogP contribution in [-0.2, 0) is 4.79 Å². The molecule has 0 spiro atoms. The van der Waals surface area contributed by atoms with Gasteiger partial charge >= 0.3 is 0 Å². The summed E-state index contributed by atoms with van der Waals surface area (Å²) < 4.78 is 0. The summed E-state index contributed by atoms with van der Waals surface area (Å²) in [5.41, 5.74) is 0.195. The first-order valence-electron chi connectivity index (χ1n) is 4.82. The van der Waals surface area contributed by atoms with Crippen LogP contribution in [0.4, 0.5) is 0 Å². The first kappa shape index (κ1) is 8.03. The molecule has 66 valence electrons. The molecule has 0 amide bonds. The number of rotatable bonds is 1. The Morgan fingerprint density at radius 2 is 2.33 bits per heavy atom. The van der Waals surface area contributed by atoms with E-state index in [1.165, 1.54) is 12.8 Å². The van der Waals surface area contributed by atoms with Gasteiger partial charge in [-0.2, -0.15) is 0 Å². The van der Waals surface area contributed by atoms with Gasteiger partial charge in [-0.15, -0.1) is 0 Å². The third kappa shape index (κ3) is 1.03. The molecule has 1 saturated carbocycles. The molecule has 12 heavy (non-hydrogen) atoms. The van der Waals surface area contributed by atoms with E-state index in [9.17, 15) is 4.79 Å². The minimum atomic E-state index is 0.195. The van der Waals surface area contributed by atoms with Gasteiger partial charge < -0.3 is 0 Å². The molecule has 0 aromatic rings. The van der Waals surface area contributed by atoms with Gasteiger partial charge in [-0.25, -0.2) is 0 Å². The Hall–Kier alpha value is -0.590. The summed E-state index contributed by atoms with van der Waals surface area (Å²) in [7, 11) is 0. The maximum atomic E-state index is 11.4. The van der Waals surface area contributed by atoms with Crippen molar-refractivity contribution in [1.29, 1.82) is 0 Å². The predicted molar refractivity (Wildman–Crippen MR) is 48.8 cm³/mol. The molecule has 0 unspecified atom stereocenters. The summed E-state index contributed by atoms with van der Waals surface area (Å²) >= 11 is 0. The third-order valence-electron chi connectivity index (χ3n) is 3.63. The van der Waals surface area contributed by atoms with Gasteiger partial charge in [0.25, 0.3) is 0 Å². The number of Topliss-reactive ketones (excluding diaryl/α,β-unsaturated/α-hetero) is 1. The minimum absolute atomic E-state index is 0.195. The van der Waals surface area contributed by atoms with Gasteiger partial charge in [0.1, 0.15) is 5.78 Å². The van der Waals surface area contributed by atoms with Gasteiger partial charge in [0.05, 0.1) is 0 Å². The molecule has 2 bridgehead atoms. The van der Waals surface area contributed by atoms with Crippen molar-refractivity contribution in [1.82, 2.24) is 0 Å². The van der Waals surface area contributed by atoms with Crippen LogP contribution in [-0.4, -0.2) is 5.78 Å². The number of hydrogen-bond donors (Lipinski definition) is 0. The van der Waals surface area contributed by atoms with E-state index < -0.39 is 0 Å². The van der Waals surface area contributed by atoms with E-state index in [0.29, 0.717) is 17.6 Å². The van der Waals surface area contributed by atoms with Crippen LogP contribution < -0.4 is 0 Å². The second-order valence-electron chi connectivity index (χ2n) is 4.56. The van der Waals surface area contributed by atoms with Crippen molar-refractivity contribution in [2.24, 2.45) is 17.3 Å². The van der Waals surface area contributed by atoms with Crippen LogP contribution in [0, 0.1) is 17.3 Å². The van der Waals surface area contributed by atoms with Crippen LogP contribution in [0.25, 0.3) is 0 Å². The Bertz CT molecular complexity index is 241. The maximum absolute atomic E-state index is 11.4. The Labute approximate surface area is 73.8 Å². The van der Waals surface area contributed by atoms with Crippen molar-refractivity contribution in [2.75, 3.05) is 0 Å². The summed E-state index contributed by atoms with van der Waals surface area (Å²) in [5, 5.41) is 0. The normalized spacial score (nSPS) is 44.8. The molecule has 3 rings (SSSR count). The average Bonchev–Trinajstić information content (AvgIpc) is 2.04. The zero-order valence-corrected chi connectivity index (χ0v) is 7.84. The van der Waals surface area contributed by atoms with Crippen LogP contribution in [0.15, 0.2) is 12.2 Å². The Morgan fingerprint density at radius 1 is 1.58 bits per heavy atom. The Morgan fingerprint density at radius 3 is 2.67 bits per heavy atom. The Balaban J connectivity index is 2.30. The van der Waals surface area contributed by atoms with Gasteiger partial charge in [0.15, 0.2) is 0 Å². The zero-order chi connectivity index (χ0) is 8.77. The summed E-state index contributed by atoms with van der Waals surface area (Å²) in [4.78, 5) is 11.4. The fourth-order valence-electron chi connectivity index (χ4n) is 2.72. The lowest BCUT2D eigenvalue weighted by Crippen LogP contribution is -2.39. The third-order valence-corrected chi connectivity index (χ3v) is 3.63. The second-order valence-corrected chi connectivity index (χ2v) is 4.56. The van der Waals surface area contributed by atoms with Crippen LogP contribution in [0.1, 0.15) is 33.1 Å². The molecule has 0 aromatic carbocycles. The number of hydrogen-bond acceptors (Lipinski definition) is 1. The van der Waals surface area contributed by atoms with E-state index in [1.807, 2.05) is 0 Å². The van der Waals surface area contributed by atoms with Crippen LogP contribution in [0.5, 0.6) is 0 Å². The molecule has 0 heterocycles. The molecule has 1 heteroatoms. The fourth-order valence-corrected chi connectivity index (χ4v) is 2.72. The molecule has 0 radical (unpaired) electrons. The summed E-state index contributed by atoms with van der Waals surface area (Å²) in [6, 6.07) is 0. The number of allylic oxidation sites excluding steroid dienone is 2. The lowest BCUT2D eigenvalue weighted by atomic mass is 9.59. The molecule has 3 aliphatic rings. The molecule has 0 aliphatic heterocycles. The van der Waals surface area contributed by atoms with Crippen LogP contribution in [0.2, 0.25) is 0 Å². The quantitative estimate of drug-likeness (QED) is 0.544. The summed E-state index contributed by atoms with van der Waals surface area (Å²) in [5.74, 6) is 1.38. The standard InChI is InChI=1S/C11H16O/c1-8(12)10-7-9-3-5-11(10,2)6-4-9/h3,5,9-10H,4,6-7H2,1-2H3/t9-,10+,11+/m1/s1. The van der Waals surface area contributed by atoms with Gasteiger partial charge in [0, 0.05) is 5.92 Å². The maximum Gasteiger partial charge on any atom is 0.133 e. The first-order chi connectivity index (χ1) is 5.62. The van der Waals surface area contributed by atoms with Crippen molar-refractivity contribution in [3.63, 3.8) is 0 Å². The largest absolute Gasteiger partial charge is 0.300 e. The molecular weight excluding hydrogens is 148 g/mol. The van der Waals surface area contributed by atoms with Crippen molar-refractivity contribution >= 4 is 5.78 Å². The fraction of sp³-hybridized carbons (Fsp3) is 0.727. The number of carbonyl (C=O) groups excluding carboxylic acids is 1. The monoisotopic (exact) mass is 164 g/mol. The smallest absolute Gasteiger partial charge is 0.133 e. The van der Waals surface area contributed by atoms with Crippen LogP contribution in [0.3, 0.4) is 0 Å². The van der Waals surface area contributed by atoms with Gasteiger partial charge in [-0.3, -0.25) is 4.79 Å². The van der Waals surface area contributed by atoms with Crippen molar-refractivity contribution < 1.29 is 4.79 Å². The predicted octanol–water partition coefficient (Wildman–Crippen LogP) is 2.57. The lowest BCUT2D eigenvalue weighted by molar-refractivity contribution is -0.125. The lowest BCUT2D eigenvalue weighted by Gasteiger charge is -2.45. The molecule has 0 saturated heterocycles. The summed E-state index contributed by atoms with van der Waals surface area (Å²) in [6.45, 7) is 3.97. The van der Waals surface area contributed by atoms with Crippen molar-refractivity contribution in [2.45, 2.75) is 33.1 Å².